The van der Waals surface area contributed by atoms with Crippen LogP contribution >= 0.6 is 0 Å². The first-order valence-electron chi connectivity index (χ1n) is 17.3. The van der Waals surface area contributed by atoms with Gasteiger partial charge in [-0.15, -0.1) is 0 Å². The highest BCUT2D eigenvalue weighted by Gasteiger charge is 2.27. The lowest BCUT2D eigenvalue weighted by atomic mass is 9.94. The van der Waals surface area contributed by atoms with E-state index < -0.39 is 0 Å². The summed E-state index contributed by atoms with van der Waals surface area (Å²) in [6.45, 7) is 8.63. The molecule has 2 aliphatic heterocycles. The van der Waals surface area contributed by atoms with E-state index in [1.807, 2.05) is 36.4 Å². The van der Waals surface area contributed by atoms with Gasteiger partial charge in [0.2, 0.25) is 0 Å². The van der Waals surface area contributed by atoms with Crippen LogP contribution in [0.1, 0.15) is 36.8 Å². The minimum absolute atomic E-state index is 0.0108. The van der Waals surface area contributed by atoms with Gasteiger partial charge >= 0.3 is 0 Å². The second-order valence-corrected chi connectivity index (χ2v) is 11.6. The van der Waals surface area contributed by atoms with Gasteiger partial charge in [-0.1, -0.05) is 25.0 Å². The van der Waals surface area contributed by atoms with Crippen molar-refractivity contribution in [1.29, 1.82) is 0 Å². The maximum atomic E-state index is 6.48. The van der Waals surface area contributed by atoms with Gasteiger partial charge in [0.1, 0.15) is 26.4 Å². The van der Waals surface area contributed by atoms with Crippen LogP contribution in [0.15, 0.2) is 36.4 Å². The molecule has 2 atom stereocenters. The Labute approximate surface area is 284 Å². The highest BCUT2D eigenvalue weighted by atomic mass is 16.6. The predicted molar refractivity (Wildman–Crippen MR) is 175 cm³/mol. The van der Waals surface area contributed by atoms with Crippen molar-refractivity contribution in [3.63, 3.8) is 0 Å². The van der Waals surface area contributed by atoms with Gasteiger partial charge in [-0.2, -0.15) is 0 Å². The third kappa shape index (κ3) is 13.3. The van der Waals surface area contributed by atoms with Crippen LogP contribution in [0.25, 0.3) is 0 Å². The molecule has 0 bridgehead atoms. The fraction of sp³-hybridized carbons (Fsp3) is 0.667. The Morgan fingerprint density at radius 1 is 0.396 bits per heavy atom. The van der Waals surface area contributed by atoms with E-state index in [2.05, 4.69) is 0 Å². The van der Waals surface area contributed by atoms with Crippen molar-refractivity contribution >= 4 is 0 Å². The summed E-state index contributed by atoms with van der Waals surface area (Å²) < 4.78 is 70.4. The third-order valence-electron chi connectivity index (χ3n) is 8.02. The SMILES string of the molecule is c1cc2c(cc1CO[C@H]1CCCC[C@H]1OCc1ccc3c(c1)OCCOCCOCCOCCO3)OCCOCCOCCOCCO2. The van der Waals surface area contributed by atoms with Crippen LogP contribution in [-0.2, 0) is 51.1 Å². The van der Waals surface area contributed by atoms with Crippen molar-refractivity contribution in [2.75, 3.05) is 106 Å². The van der Waals surface area contributed by atoms with Gasteiger partial charge in [-0.3, -0.25) is 0 Å². The highest BCUT2D eigenvalue weighted by molar-refractivity contribution is 5.43. The molecule has 0 unspecified atom stereocenters. The average molecular weight is 677 g/mol. The summed E-state index contributed by atoms with van der Waals surface area (Å²) in [5.74, 6) is 2.68. The fourth-order valence-electron chi connectivity index (χ4n) is 5.53. The van der Waals surface area contributed by atoms with Crippen LogP contribution in [0.4, 0.5) is 0 Å². The van der Waals surface area contributed by atoms with Crippen LogP contribution in [-0.4, -0.2) is 118 Å². The van der Waals surface area contributed by atoms with Gasteiger partial charge in [0.15, 0.2) is 23.0 Å². The lowest BCUT2D eigenvalue weighted by Gasteiger charge is -2.31. The minimum atomic E-state index is -0.0108. The maximum Gasteiger partial charge on any atom is 0.161 e. The zero-order valence-corrected chi connectivity index (χ0v) is 28.1. The summed E-state index contributed by atoms with van der Waals surface area (Å²) in [5.41, 5.74) is 2.01. The topological polar surface area (TPSA) is 111 Å². The van der Waals surface area contributed by atoms with Crippen LogP contribution in [0.5, 0.6) is 23.0 Å². The fourth-order valence-corrected chi connectivity index (χ4v) is 5.53. The number of hydrogen-bond donors (Lipinski definition) is 0. The summed E-state index contributed by atoms with van der Waals surface area (Å²) in [6.07, 6.45) is 4.10. The Kier molecular flexibility index (Phi) is 16.9. The lowest BCUT2D eigenvalue weighted by Crippen LogP contribution is -2.34. The molecule has 268 valence electrons. The minimum Gasteiger partial charge on any atom is -0.487 e. The molecule has 2 heterocycles. The molecule has 0 N–H and O–H groups in total. The molecule has 5 rings (SSSR count). The number of hydrogen-bond acceptors (Lipinski definition) is 12. The second kappa shape index (κ2) is 22.1. The van der Waals surface area contributed by atoms with Crippen LogP contribution < -0.4 is 18.9 Å². The summed E-state index contributed by atoms with van der Waals surface area (Å²) >= 11 is 0. The van der Waals surface area contributed by atoms with E-state index >= 15 is 0 Å². The Morgan fingerprint density at radius 2 is 0.708 bits per heavy atom. The quantitative estimate of drug-likeness (QED) is 0.433. The first kappa shape index (κ1) is 36.6. The third-order valence-corrected chi connectivity index (χ3v) is 8.02. The van der Waals surface area contributed by atoms with Crippen molar-refractivity contribution in [1.82, 2.24) is 0 Å². The molecule has 3 aliphatic rings. The number of fused-ring (bicyclic) bond motifs is 2. The molecular weight excluding hydrogens is 624 g/mol. The molecule has 12 heteroatoms. The highest BCUT2D eigenvalue weighted by Crippen LogP contribution is 2.32. The van der Waals surface area contributed by atoms with E-state index in [1.165, 1.54) is 0 Å². The molecule has 0 saturated heterocycles. The van der Waals surface area contributed by atoms with Gasteiger partial charge < -0.3 is 56.8 Å². The standard InChI is InChI=1S/C36H52O12/c1-2-4-32(48-28-30-6-8-34-36(26-30)46-24-20-42-16-12-38-10-14-40-18-22-44-34)31(3-1)47-27-29-5-7-33-35(25-29)45-23-19-41-15-11-37-9-13-39-17-21-43-33/h5-8,25-26,31-32H,1-4,9-24,27-28H2/t31-,32+. The maximum absolute atomic E-state index is 6.48. The van der Waals surface area contributed by atoms with Crippen molar-refractivity contribution in [2.24, 2.45) is 0 Å². The molecule has 2 aromatic carbocycles. The Morgan fingerprint density at radius 3 is 1.06 bits per heavy atom. The smallest absolute Gasteiger partial charge is 0.161 e. The van der Waals surface area contributed by atoms with Crippen molar-refractivity contribution in [3.8, 4) is 23.0 Å². The molecule has 0 aromatic heterocycles. The molecule has 48 heavy (non-hydrogen) atoms. The Balaban J connectivity index is 1.14. The number of benzene rings is 2. The molecule has 12 nitrogen and oxygen atoms in total. The van der Waals surface area contributed by atoms with E-state index in [0.29, 0.717) is 142 Å². The number of ether oxygens (including phenoxy) is 12. The van der Waals surface area contributed by atoms with Crippen molar-refractivity contribution in [2.45, 2.75) is 51.1 Å². The summed E-state index contributed by atoms with van der Waals surface area (Å²) in [4.78, 5) is 0. The van der Waals surface area contributed by atoms with Gasteiger partial charge in [0, 0.05) is 0 Å². The molecular formula is C36H52O12. The molecule has 0 spiro atoms. The molecule has 1 saturated carbocycles. The van der Waals surface area contributed by atoms with E-state index in [-0.39, 0.29) is 12.2 Å². The molecule has 1 fully saturated rings. The van der Waals surface area contributed by atoms with Crippen LogP contribution in [0.3, 0.4) is 0 Å². The molecule has 0 radical (unpaired) electrons. The van der Waals surface area contributed by atoms with Gasteiger partial charge in [-0.25, -0.2) is 0 Å². The van der Waals surface area contributed by atoms with Gasteiger partial charge in [0.25, 0.3) is 0 Å². The summed E-state index contributed by atoms with van der Waals surface area (Å²) in [5, 5.41) is 0. The largest absolute Gasteiger partial charge is 0.487 e. The number of rotatable bonds is 6. The van der Waals surface area contributed by atoms with E-state index in [4.69, 9.17) is 56.8 Å². The average Bonchev–Trinajstić information content (AvgIpc) is 3.13. The van der Waals surface area contributed by atoms with Gasteiger partial charge in [0.05, 0.1) is 105 Å². The summed E-state index contributed by atoms with van der Waals surface area (Å²) in [7, 11) is 0. The first-order chi connectivity index (χ1) is 23.8. The molecule has 0 amide bonds. The van der Waals surface area contributed by atoms with Crippen LogP contribution in [0.2, 0.25) is 0 Å². The molecule has 1 aliphatic carbocycles. The predicted octanol–water partition coefficient (Wildman–Crippen LogP) is 4.37. The van der Waals surface area contributed by atoms with Gasteiger partial charge in [-0.05, 0) is 48.2 Å². The van der Waals surface area contributed by atoms with E-state index in [0.717, 1.165) is 36.8 Å². The van der Waals surface area contributed by atoms with E-state index in [9.17, 15) is 0 Å². The monoisotopic (exact) mass is 676 g/mol. The second-order valence-electron chi connectivity index (χ2n) is 11.6. The van der Waals surface area contributed by atoms with Crippen molar-refractivity contribution in [3.05, 3.63) is 47.5 Å². The van der Waals surface area contributed by atoms with Crippen LogP contribution in [0, 0.1) is 0 Å². The zero-order valence-electron chi connectivity index (χ0n) is 28.1. The van der Waals surface area contributed by atoms with E-state index in [1.54, 1.807) is 0 Å². The Bertz CT molecular complexity index is 1070. The zero-order chi connectivity index (χ0) is 32.9. The summed E-state index contributed by atoms with van der Waals surface area (Å²) in [6, 6.07) is 11.9. The van der Waals surface area contributed by atoms with Crippen molar-refractivity contribution < 1.29 is 56.8 Å². The Hall–Kier alpha value is -2.68. The lowest BCUT2D eigenvalue weighted by molar-refractivity contribution is -0.104. The first-order valence-corrected chi connectivity index (χ1v) is 17.3. The molecule has 2 aromatic rings. The normalized spacial score (nSPS) is 23.1.